The average Bonchev–Trinajstić information content (AvgIpc) is 2.89. The summed E-state index contributed by atoms with van der Waals surface area (Å²) in [5.74, 6) is -0.158. The Morgan fingerprint density at radius 3 is 2.58 bits per heavy atom. The monoisotopic (exact) mass is 372 g/mol. The summed E-state index contributed by atoms with van der Waals surface area (Å²) in [6.07, 6.45) is 1.82. The summed E-state index contributed by atoms with van der Waals surface area (Å²) in [6.45, 7) is 5.86. The van der Waals surface area contributed by atoms with Crippen LogP contribution in [0.5, 0.6) is 0 Å². The maximum atomic E-state index is 12.7. The van der Waals surface area contributed by atoms with E-state index in [2.05, 4.69) is 5.32 Å². The first-order valence-electron chi connectivity index (χ1n) is 8.67. The second kappa shape index (κ2) is 6.76. The van der Waals surface area contributed by atoms with Gasteiger partial charge in [-0.2, -0.15) is 0 Å². The highest BCUT2D eigenvalue weighted by Gasteiger charge is 2.32. The van der Waals surface area contributed by atoms with Gasteiger partial charge >= 0.3 is 0 Å². The molecule has 0 radical (unpaired) electrons. The van der Waals surface area contributed by atoms with E-state index in [1.807, 2.05) is 45.0 Å². The van der Waals surface area contributed by atoms with Crippen molar-refractivity contribution >= 4 is 21.6 Å². The zero-order chi connectivity index (χ0) is 19.1. The van der Waals surface area contributed by atoms with E-state index in [9.17, 15) is 13.2 Å². The number of aryl methyl sites for hydroxylation is 1. The summed E-state index contributed by atoms with van der Waals surface area (Å²) in [5.41, 5.74) is 4.32. The predicted octanol–water partition coefficient (Wildman–Crippen LogP) is 3.20. The number of fused-ring (bicyclic) bond motifs is 1. The predicted molar refractivity (Wildman–Crippen MR) is 104 cm³/mol. The Kier molecular flexibility index (Phi) is 4.80. The minimum Gasteiger partial charge on any atom is -0.346 e. The van der Waals surface area contributed by atoms with Gasteiger partial charge in [-0.1, -0.05) is 24.3 Å². The van der Waals surface area contributed by atoms with Gasteiger partial charge in [-0.05, 0) is 62.1 Å². The van der Waals surface area contributed by atoms with Crippen LogP contribution >= 0.6 is 0 Å². The van der Waals surface area contributed by atoms with Crippen molar-refractivity contribution in [1.29, 1.82) is 0 Å². The van der Waals surface area contributed by atoms with E-state index in [0.717, 1.165) is 16.7 Å². The van der Waals surface area contributed by atoms with Crippen molar-refractivity contribution in [2.45, 2.75) is 39.3 Å². The van der Waals surface area contributed by atoms with E-state index in [1.165, 1.54) is 10.6 Å². The SMILES string of the molecule is Cc1ccccc1[C@H](C)NC(=O)c1ccc2c(c1)C[C@@H](C)N2S(C)(=O)=O. The molecule has 1 aliphatic rings. The first-order chi connectivity index (χ1) is 12.2. The number of nitrogens with zero attached hydrogens (tertiary/aromatic N) is 1. The third-order valence-electron chi connectivity index (χ3n) is 4.85. The van der Waals surface area contributed by atoms with E-state index in [0.29, 0.717) is 17.7 Å². The Labute approximate surface area is 155 Å². The number of anilines is 1. The molecule has 0 unspecified atom stereocenters. The fourth-order valence-electron chi connectivity index (χ4n) is 3.68. The summed E-state index contributed by atoms with van der Waals surface area (Å²) < 4.78 is 25.4. The molecule has 0 bridgehead atoms. The second-order valence-electron chi connectivity index (χ2n) is 7.01. The fraction of sp³-hybridized carbons (Fsp3) is 0.350. The number of rotatable bonds is 4. The van der Waals surface area contributed by atoms with Crippen LogP contribution in [0.25, 0.3) is 0 Å². The van der Waals surface area contributed by atoms with Crippen molar-refractivity contribution in [3.63, 3.8) is 0 Å². The van der Waals surface area contributed by atoms with Gasteiger partial charge < -0.3 is 5.32 Å². The number of carbonyl (C=O) groups excluding carboxylic acids is 1. The number of amides is 1. The van der Waals surface area contributed by atoms with Gasteiger partial charge in [0.25, 0.3) is 5.91 Å². The lowest BCUT2D eigenvalue weighted by Gasteiger charge is -2.22. The molecule has 0 spiro atoms. The number of carbonyl (C=O) groups is 1. The van der Waals surface area contributed by atoms with E-state index in [1.54, 1.807) is 18.2 Å². The summed E-state index contributed by atoms with van der Waals surface area (Å²) in [7, 11) is -3.33. The van der Waals surface area contributed by atoms with Crippen LogP contribution in [0.2, 0.25) is 0 Å². The minimum absolute atomic E-state index is 0.108. The molecule has 1 N–H and O–H groups in total. The van der Waals surface area contributed by atoms with Crippen LogP contribution in [0, 0.1) is 6.92 Å². The van der Waals surface area contributed by atoms with Gasteiger partial charge in [0.1, 0.15) is 0 Å². The number of nitrogens with one attached hydrogen (secondary N) is 1. The van der Waals surface area contributed by atoms with E-state index in [4.69, 9.17) is 0 Å². The molecule has 3 rings (SSSR count). The van der Waals surface area contributed by atoms with Crippen molar-refractivity contribution in [1.82, 2.24) is 5.32 Å². The average molecular weight is 372 g/mol. The first kappa shape index (κ1) is 18.5. The second-order valence-corrected chi connectivity index (χ2v) is 8.87. The highest BCUT2D eigenvalue weighted by Crippen LogP contribution is 2.34. The molecule has 2 aromatic rings. The lowest BCUT2D eigenvalue weighted by Crippen LogP contribution is -2.34. The van der Waals surface area contributed by atoms with E-state index >= 15 is 0 Å². The minimum atomic E-state index is -3.33. The third-order valence-corrected chi connectivity index (χ3v) is 6.13. The highest BCUT2D eigenvalue weighted by molar-refractivity contribution is 7.92. The zero-order valence-electron chi connectivity index (χ0n) is 15.5. The van der Waals surface area contributed by atoms with Gasteiger partial charge in [0.2, 0.25) is 10.0 Å². The maximum absolute atomic E-state index is 12.7. The Hall–Kier alpha value is -2.34. The van der Waals surface area contributed by atoms with Gasteiger partial charge in [0, 0.05) is 11.6 Å². The number of sulfonamides is 1. The highest BCUT2D eigenvalue weighted by atomic mass is 32.2. The van der Waals surface area contributed by atoms with Crippen molar-refractivity contribution in [2.75, 3.05) is 10.6 Å². The van der Waals surface area contributed by atoms with Crippen LogP contribution in [0.4, 0.5) is 5.69 Å². The molecule has 1 heterocycles. The Bertz CT molecular complexity index is 953. The van der Waals surface area contributed by atoms with Crippen LogP contribution < -0.4 is 9.62 Å². The fourth-order valence-corrected chi connectivity index (χ4v) is 4.94. The van der Waals surface area contributed by atoms with Crippen LogP contribution in [-0.4, -0.2) is 26.6 Å². The molecule has 1 amide bonds. The molecule has 1 aliphatic heterocycles. The number of benzene rings is 2. The summed E-state index contributed by atoms with van der Waals surface area (Å²) in [4.78, 5) is 12.7. The van der Waals surface area contributed by atoms with Gasteiger partial charge in [-0.3, -0.25) is 9.10 Å². The lowest BCUT2D eigenvalue weighted by atomic mass is 10.0. The maximum Gasteiger partial charge on any atom is 0.251 e. The quantitative estimate of drug-likeness (QED) is 0.896. The van der Waals surface area contributed by atoms with Crippen LogP contribution in [0.3, 0.4) is 0 Å². The van der Waals surface area contributed by atoms with E-state index < -0.39 is 10.0 Å². The summed E-state index contributed by atoms with van der Waals surface area (Å²) in [5, 5.41) is 3.03. The summed E-state index contributed by atoms with van der Waals surface area (Å²) in [6, 6.07) is 12.9. The molecule has 0 fully saturated rings. The van der Waals surface area contributed by atoms with Gasteiger partial charge in [0.15, 0.2) is 0 Å². The van der Waals surface area contributed by atoms with Crippen molar-refractivity contribution < 1.29 is 13.2 Å². The molecule has 0 aliphatic carbocycles. The molecule has 2 atom stereocenters. The Morgan fingerprint density at radius 1 is 1.23 bits per heavy atom. The molecule has 0 saturated heterocycles. The standard InChI is InChI=1S/C20H24N2O3S/c1-13-7-5-6-8-18(13)15(3)21-20(23)16-9-10-19-17(12-16)11-14(2)22(19)26(4,24)25/h5-10,12,14-15H,11H2,1-4H3,(H,21,23)/t14-,15+/m1/s1. The molecule has 5 nitrogen and oxygen atoms in total. The smallest absolute Gasteiger partial charge is 0.251 e. The Morgan fingerprint density at radius 2 is 1.92 bits per heavy atom. The number of hydrogen-bond acceptors (Lipinski definition) is 3. The van der Waals surface area contributed by atoms with Gasteiger partial charge in [-0.15, -0.1) is 0 Å². The molecule has 26 heavy (non-hydrogen) atoms. The molecular formula is C20H24N2O3S. The molecular weight excluding hydrogens is 348 g/mol. The van der Waals surface area contributed by atoms with Crippen LogP contribution in [0.15, 0.2) is 42.5 Å². The third kappa shape index (κ3) is 3.46. The Balaban J connectivity index is 1.82. The van der Waals surface area contributed by atoms with Gasteiger partial charge in [0.05, 0.1) is 18.0 Å². The van der Waals surface area contributed by atoms with Crippen molar-refractivity contribution in [2.24, 2.45) is 0 Å². The zero-order valence-corrected chi connectivity index (χ0v) is 16.3. The van der Waals surface area contributed by atoms with Gasteiger partial charge in [-0.25, -0.2) is 8.42 Å². The molecule has 138 valence electrons. The van der Waals surface area contributed by atoms with Crippen LogP contribution in [0.1, 0.15) is 46.9 Å². The topological polar surface area (TPSA) is 66.5 Å². The largest absolute Gasteiger partial charge is 0.346 e. The molecule has 0 saturated carbocycles. The lowest BCUT2D eigenvalue weighted by molar-refractivity contribution is 0.0939. The first-order valence-corrected chi connectivity index (χ1v) is 10.5. The van der Waals surface area contributed by atoms with Crippen LogP contribution in [-0.2, 0) is 16.4 Å². The molecule has 0 aromatic heterocycles. The number of hydrogen-bond donors (Lipinski definition) is 1. The van der Waals surface area contributed by atoms with E-state index in [-0.39, 0.29) is 18.0 Å². The van der Waals surface area contributed by atoms with Crippen molar-refractivity contribution in [3.8, 4) is 0 Å². The summed E-state index contributed by atoms with van der Waals surface area (Å²) >= 11 is 0. The molecule has 2 aromatic carbocycles. The molecule has 6 heteroatoms. The normalized spacial score (nSPS) is 17.7. The van der Waals surface area contributed by atoms with Crippen molar-refractivity contribution in [3.05, 3.63) is 64.7 Å².